The predicted octanol–water partition coefficient (Wildman–Crippen LogP) is 3.29. The fraction of sp³-hybridized carbons (Fsp3) is 0.227. The quantitative estimate of drug-likeness (QED) is 0.633. The van der Waals surface area contributed by atoms with Gasteiger partial charge in [0.2, 0.25) is 15.9 Å². The zero-order valence-electron chi connectivity index (χ0n) is 16.3. The molecule has 1 aromatic heterocycles. The van der Waals surface area contributed by atoms with E-state index in [4.69, 9.17) is 0 Å². The number of hydrogen-bond donors (Lipinski definition) is 2. The number of aromatic amines is 1. The molecule has 0 saturated carbocycles. The van der Waals surface area contributed by atoms with Gasteiger partial charge in [-0.25, -0.2) is 17.5 Å². The van der Waals surface area contributed by atoms with Gasteiger partial charge in [0.25, 0.3) is 0 Å². The molecular weight excluding hydrogens is 405 g/mol. The summed E-state index contributed by atoms with van der Waals surface area (Å²) in [5.74, 6) is -0.379. The Bertz CT molecular complexity index is 1200. The Labute approximate surface area is 174 Å². The minimum absolute atomic E-state index is 0.0527. The molecule has 0 aliphatic carbocycles. The van der Waals surface area contributed by atoms with E-state index < -0.39 is 10.0 Å². The summed E-state index contributed by atoms with van der Waals surface area (Å²) in [6.07, 6.45) is 4.65. The first kappa shape index (κ1) is 20.3. The Morgan fingerprint density at radius 1 is 1.17 bits per heavy atom. The molecule has 0 bridgehead atoms. The highest BCUT2D eigenvalue weighted by Crippen LogP contribution is 2.29. The molecular formula is C22H22FN3O3S. The van der Waals surface area contributed by atoms with Crippen molar-refractivity contribution in [1.29, 1.82) is 0 Å². The molecule has 2 heterocycles. The van der Waals surface area contributed by atoms with Crippen molar-refractivity contribution in [2.24, 2.45) is 0 Å². The molecule has 30 heavy (non-hydrogen) atoms. The van der Waals surface area contributed by atoms with Crippen LogP contribution in [0.2, 0.25) is 0 Å². The molecule has 2 aromatic carbocycles. The summed E-state index contributed by atoms with van der Waals surface area (Å²) in [4.78, 5) is 17.5. The zero-order chi connectivity index (χ0) is 21.1. The molecule has 0 saturated heterocycles. The van der Waals surface area contributed by atoms with Crippen molar-refractivity contribution in [3.8, 4) is 0 Å². The Hall–Kier alpha value is -2.97. The standard InChI is InChI=1S/C22H22FN3O3S/c23-17-6-7-19-20(15-24-21(19)14-17)16-9-12-26(13-10-16)22(27)8-11-25-30(28,29)18-4-2-1-3-5-18/h1-7,9,14-15,24-25H,8,10-13H2. The molecule has 2 N–H and O–H groups in total. The monoisotopic (exact) mass is 427 g/mol. The maximum Gasteiger partial charge on any atom is 0.240 e. The number of aromatic nitrogens is 1. The summed E-state index contributed by atoms with van der Waals surface area (Å²) < 4.78 is 40.3. The maximum atomic E-state index is 13.4. The molecule has 1 aliphatic heterocycles. The normalized spacial score (nSPS) is 14.7. The third kappa shape index (κ3) is 4.29. The third-order valence-electron chi connectivity index (χ3n) is 5.24. The summed E-state index contributed by atoms with van der Waals surface area (Å²) in [5.41, 5.74) is 2.88. The van der Waals surface area contributed by atoms with Crippen molar-refractivity contribution in [3.63, 3.8) is 0 Å². The van der Waals surface area contributed by atoms with Gasteiger partial charge in [-0.05, 0) is 42.3 Å². The number of amides is 1. The van der Waals surface area contributed by atoms with E-state index in [1.165, 1.54) is 24.3 Å². The smallest absolute Gasteiger partial charge is 0.240 e. The van der Waals surface area contributed by atoms with E-state index in [-0.39, 0.29) is 29.6 Å². The topological polar surface area (TPSA) is 82.3 Å². The van der Waals surface area contributed by atoms with Crippen molar-refractivity contribution in [2.45, 2.75) is 17.7 Å². The van der Waals surface area contributed by atoms with Gasteiger partial charge in [0.1, 0.15) is 5.82 Å². The van der Waals surface area contributed by atoms with E-state index in [0.717, 1.165) is 22.0 Å². The van der Waals surface area contributed by atoms with Crippen molar-refractivity contribution in [1.82, 2.24) is 14.6 Å². The number of carbonyl (C=O) groups is 1. The number of benzene rings is 2. The van der Waals surface area contributed by atoms with Crippen LogP contribution < -0.4 is 4.72 Å². The van der Waals surface area contributed by atoms with Crippen LogP contribution in [-0.4, -0.2) is 43.8 Å². The third-order valence-corrected chi connectivity index (χ3v) is 6.71. The van der Waals surface area contributed by atoms with Gasteiger partial charge in [-0.15, -0.1) is 0 Å². The van der Waals surface area contributed by atoms with Gasteiger partial charge >= 0.3 is 0 Å². The molecule has 6 nitrogen and oxygen atoms in total. The Morgan fingerprint density at radius 3 is 2.70 bits per heavy atom. The van der Waals surface area contributed by atoms with Crippen molar-refractivity contribution < 1.29 is 17.6 Å². The molecule has 0 radical (unpaired) electrons. The van der Waals surface area contributed by atoms with Crippen LogP contribution in [-0.2, 0) is 14.8 Å². The fourth-order valence-electron chi connectivity index (χ4n) is 3.64. The van der Waals surface area contributed by atoms with Crippen LogP contribution in [0.25, 0.3) is 16.5 Å². The van der Waals surface area contributed by atoms with Crippen molar-refractivity contribution in [2.75, 3.05) is 19.6 Å². The van der Waals surface area contributed by atoms with E-state index in [0.29, 0.717) is 19.5 Å². The highest BCUT2D eigenvalue weighted by Gasteiger charge is 2.20. The van der Waals surface area contributed by atoms with Crippen LogP contribution in [0, 0.1) is 5.82 Å². The van der Waals surface area contributed by atoms with E-state index in [2.05, 4.69) is 9.71 Å². The fourth-order valence-corrected chi connectivity index (χ4v) is 4.69. The predicted molar refractivity (Wildman–Crippen MR) is 114 cm³/mol. The SMILES string of the molecule is O=C(CCNS(=O)(=O)c1ccccc1)N1CC=C(c2c[nH]c3cc(F)ccc23)CC1. The largest absolute Gasteiger partial charge is 0.360 e. The van der Waals surface area contributed by atoms with Gasteiger partial charge in [-0.2, -0.15) is 0 Å². The van der Waals surface area contributed by atoms with Gasteiger partial charge in [0.05, 0.1) is 4.90 Å². The first-order valence-corrected chi connectivity index (χ1v) is 11.2. The van der Waals surface area contributed by atoms with E-state index >= 15 is 0 Å². The molecule has 0 unspecified atom stereocenters. The number of nitrogens with one attached hydrogen (secondary N) is 2. The second-order valence-corrected chi connectivity index (χ2v) is 8.94. The van der Waals surface area contributed by atoms with Gasteiger partial charge in [0.15, 0.2) is 0 Å². The maximum absolute atomic E-state index is 13.4. The molecule has 1 amide bonds. The highest BCUT2D eigenvalue weighted by atomic mass is 32.2. The molecule has 156 valence electrons. The van der Waals surface area contributed by atoms with Crippen LogP contribution in [0.5, 0.6) is 0 Å². The van der Waals surface area contributed by atoms with Crippen LogP contribution in [0.3, 0.4) is 0 Å². The number of fused-ring (bicyclic) bond motifs is 1. The molecule has 3 aromatic rings. The summed E-state index contributed by atoms with van der Waals surface area (Å²) in [6, 6.07) is 12.7. The van der Waals surface area contributed by atoms with E-state index in [1.54, 1.807) is 29.2 Å². The van der Waals surface area contributed by atoms with Gasteiger partial charge in [0, 0.05) is 48.7 Å². The molecule has 4 rings (SSSR count). The lowest BCUT2D eigenvalue weighted by Crippen LogP contribution is -2.37. The molecule has 1 aliphatic rings. The van der Waals surface area contributed by atoms with Crippen LogP contribution in [0.15, 0.2) is 65.7 Å². The van der Waals surface area contributed by atoms with Crippen LogP contribution >= 0.6 is 0 Å². The summed E-state index contributed by atoms with van der Waals surface area (Å²) in [5, 5.41) is 0.956. The number of carbonyl (C=O) groups excluding carboxylic acids is 1. The van der Waals surface area contributed by atoms with Gasteiger partial charge in [-0.1, -0.05) is 24.3 Å². The minimum Gasteiger partial charge on any atom is -0.360 e. The van der Waals surface area contributed by atoms with Gasteiger partial charge in [-0.3, -0.25) is 4.79 Å². The van der Waals surface area contributed by atoms with Crippen LogP contribution in [0.1, 0.15) is 18.4 Å². The second-order valence-electron chi connectivity index (χ2n) is 7.17. The molecule has 0 fully saturated rings. The number of rotatable bonds is 6. The first-order valence-electron chi connectivity index (χ1n) is 9.72. The minimum atomic E-state index is -3.61. The lowest BCUT2D eigenvalue weighted by molar-refractivity contribution is -0.130. The number of halogens is 1. The molecule has 0 spiro atoms. The average molecular weight is 428 g/mol. The summed E-state index contributed by atoms with van der Waals surface area (Å²) in [6.45, 7) is 1.08. The van der Waals surface area contributed by atoms with Crippen LogP contribution in [0.4, 0.5) is 4.39 Å². The Kier molecular flexibility index (Phi) is 5.69. The number of hydrogen-bond acceptors (Lipinski definition) is 3. The number of nitrogens with zero attached hydrogens (tertiary/aromatic N) is 1. The van der Waals surface area contributed by atoms with E-state index in [9.17, 15) is 17.6 Å². The van der Waals surface area contributed by atoms with Gasteiger partial charge < -0.3 is 9.88 Å². The Balaban J connectivity index is 1.34. The summed E-state index contributed by atoms with van der Waals surface area (Å²) >= 11 is 0. The molecule has 0 atom stereocenters. The second kappa shape index (κ2) is 8.41. The first-order chi connectivity index (χ1) is 14.4. The lowest BCUT2D eigenvalue weighted by atomic mass is 9.99. The highest BCUT2D eigenvalue weighted by molar-refractivity contribution is 7.89. The number of H-pyrrole nitrogens is 1. The molecule has 8 heteroatoms. The lowest BCUT2D eigenvalue weighted by Gasteiger charge is -2.26. The summed E-state index contributed by atoms with van der Waals surface area (Å²) in [7, 11) is -3.61. The number of sulfonamides is 1. The average Bonchev–Trinajstić information content (AvgIpc) is 3.17. The van der Waals surface area contributed by atoms with Crippen molar-refractivity contribution in [3.05, 3.63) is 72.2 Å². The van der Waals surface area contributed by atoms with Crippen molar-refractivity contribution >= 4 is 32.4 Å². The zero-order valence-corrected chi connectivity index (χ0v) is 17.1. The Morgan fingerprint density at radius 2 is 1.97 bits per heavy atom. The van der Waals surface area contributed by atoms with E-state index in [1.807, 2.05) is 12.3 Å².